The third kappa shape index (κ3) is 3.22. The lowest BCUT2D eigenvalue weighted by atomic mass is 10.1. The average molecular weight is 284 g/mol. The van der Waals surface area contributed by atoms with E-state index >= 15 is 0 Å². The summed E-state index contributed by atoms with van der Waals surface area (Å²) in [5, 5.41) is 3.40. The Hall–Kier alpha value is -0.540. The van der Waals surface area contributed by atoms with Crippen molar-refractivity contribution in [2.45, 2.75) is 32.3 Å². The van der Waals surface area contributed by atoms with E-state index in [0.29, 0.717) is 6.10 Å². The molecule has 88 valence electrons. The summed E-state index contributed by atoms with van der Waals surface area (Å²) in [4.78, 5) is 0. The molecule has 3 heteroatoms. The molecule has 0 aliphatic carbocycles. The Morgan fingerprint density at radius 1 is 1.31 bits per heavy atom. The second kappa shape index (κ2) is 5.69. The summed E-state index contributed by atoms with van der Waals surface area (Å²) < 4.78 is 7.15. The summed E-state index contributed by atoms with van der Waals surface area (Å²) >= 11 is 3.50. The van der Waals surface area contributed by atoms with Gasteiger partial charge in [-0.25, -0.2) is 0 Å². The monoisotopic (exact) mass is 283 g/mol. The van der Waals surface area contributed by atoms with Crippen molar-refractivity contribution in [1.82, 2.24) is 5.32 Å². The van der Waals surface area contributed by atoms with Gasteiger partial charge in [-0.1, -0.05) is 15.9 Å². The Bertz CT molecular complexity index is 346. The van der Waals surface area contributed by atoms with Gasteiger partial charge in [0.15, 0.2) is 0 Å². The molecule has 0 radical (unpaired) electrons. The fourth-order valence-electron chi connectivity index (χ4n) is 1.99. The third-order valence-electron chi connectivity index (χ3n) is 2.95. The van der Waals surface area contributed by atoms with Gasteiger partial charge in [0.1, 0.15) is 5.75 Å². The van der Waals surface area contributed by atoms with Gasteiger partial charge in [-0.2, -0.15) is 0 Å². The summed E-state index contributed by atoms with van der Waals surface area (Å²) in [6, 6.07) is 6.19. The first-order valence-corrected chi connectivity index (χ1v) is 6.68. The molecular weight excluding hydrogens is 266 g/mol. The van der Waals surface area contributed by atoms with E-state index in [-0.39, 0.29) is 0 Å². The summed E-state index contributed by atoms with van der Waals surface area (Å²) in [7, 11) is 0. The summed E-state index contributed by atoms with van der Waals surface area (Å²) in [6.45, 7) is 4.28. The number of aryl methyl sites for hydroxylation is 1. The van der Waals surface area contributed by atoms with E-state index in [4.69, 9.17) is 4.74 Å². The van der Waals surface area contributed by atoms with E-state index in [1.807, 2.05) is 6.07 Å². The molecule has 1 aliphatic rings. The van der Waals surface area contributed by atoms with Gasteiger partial charge in [-0.3, -0.25) is 0 Å². The molecule has 2 rings (SSSR count). The Balaban J connectivity index is 1.99. The van der Waals surface area contributed by atoms with Crippen LogP contribution >= 0.6 is 15.9 Å². The van der Waals surface area contributed by atoms with Gasteiger partial charge in [0.05, 0.1) is 6.10 Å². The molecule has 1 aromatic carbocycles. The molecule has 1 saturated heterocycles. The van der Waals surface area contributed by atoms with Crippen LogP contribution in [0.15, 0.2) is 22.7 Å². The minimum Gasteiger partial charge on any atom is -0.490 e. The SMILES string of the molecule is Cc1cc(OC2CCCNCC2)ccc1Br. The predicted octanol–water partition coefficient (Wildman–Crippen LogP) is 3.28. The van der Waals surface area contributed by atoms with Crippen LogP contribution in [0.25, 0.3) is 0 Å². The number of benzene rings is 1. The number of halogens is 1. The van der Waals surface area contributed by atoms with E-state index in [0.717, 1.165) is 36.2 Å². The summed E-state index contributed by atoms with van der Waals surface area (Å²) in [6.07, 6.45) is 3.84. The molecule has 1 heterocycles. The highest BCUT2D eigenvalue weighted by Crippen LogP contribution is 2.23. The Morgan fingerprint density at radius 2 is 2.19 bits per heavy atom. The lowest BCUT2D eigenvalue weighted by Crippen LogP contribution is -2.19. The van der Waals surface area contributed by atoms with Gasteiger partial charge in [-0.15, -0.1) is 0 Å². The molecule has 1 unspecified atom stereocenters. The maximum atomic E-state index is 6.01. The molecule has 0 aromatic heterocycles. The van der Waals surface area contributed by atoms with Gasteiger partial charge < -0.3 is 10.1 Å². The lowest BCUT2D eigenvalue weighted by Gasteiger charge is -2.17. The molecule has 0 saturated carbocycles. The summed E-state index contributed by atoms with van der Waals surface area (Å²) in [5.74, 6) is 0.993. The van der Waals surface area contributed by atoms with Crippen LogP contribution in [0.1, 0.15) is 24.8 Å². The highest BCUT2D eigenvalue weighted by molar-refractivity contribution is 9.10. The quantitative estimate of drug-likeness (QED) is 0.900. The topological polar surface area (TPSA) is 21.3 Å². The highest BCUT2D eigenvalue weighted by atomic mass is 79.9. The first-order valence-electron chi connectivity index (χ1n) is 5.89. The van der Waals surface area contributed by atoms with Crippen molar-refractivity contribution in [3.05, 3.63) is 28.2 Å². The molecule has 0 spiro atoms. The second-order valence-corrected chi connectivity index (χ2v) is 5.19. The molecule has 1 aromatic rings. The Labute approximate surface area is 106 Å². The van der Waals surface area contributed by atoms with Crippen molar-refractivity contribution in [2.24, 2.45) is 0 Å². The molecule has 0 bridgehead atoms. The van der Waals surface area contributed by atoms with Crippen LogP contribution in [0, 0.1) is 6.92 Å². The van der Waals surface area contributed by atoms with E-state index in [1.54, 1.807) is 0 Å². The molecule has 1 N–H and O–H groups in total. The van der Waals surface area contributed by atoms with E-state index in [2.05, 4.69) is 40.3 Å². The number of hydrogen-bond donors (Lipinski definition) is 1. The first kappa shape index (κ1) is 11.9. The van der Waals surface area contributed by atoms with E-state index in [1.165, 1.54) is 12.0 Å². The minimum atomic E-state index is 0.371. The van der Waals surface area contributed by atoms with Crippen LogP contribution < -0.4 is 10.1 Å². The van der Waals surface area contributed by atoms with E-state index < -0.39 is 0 Å². The van der Waals surface area contributed by atoms with Crippen molar-refractivity contribution in [3.8, 4) is 5.75 Å². The lowest BCUT2D eigenvalue weighted by molar-refractivity contribution is 0.187. The molecule has 0 amide bonds. The zero-order chi connectivity index (χ0) is 11.4. The zero-order valence-corrected chi connectivity index (χ0v) is 11.2. The second-order valence-electron chi connectivity index (χ2n) is 4.33. The van der Waals surface area contributed by atoms with Crippen molar-refractivity contribution >= 4 is 15.9 Å². The van der Waals surface area contributed by atoms with Gasteiger partial charge in [-0.05, 0) is 63.0 Å². The molecule has 1 atom stereocenters. The van der Waals surface area contributed by atoms with Crippen LogP contribution in [0.5, 0.6) is 5.75 Å². The molecule has 16 heavy (non-hydrogen) atoms. The molecular formula is C13H18BrNO. The molecule has 1 aliphatic heterocycles. The van der Waals surface area contributed by atoms with Crippen molar-refractivity contribution in [1.29, 1.82) is 0 Å². The maximum Gasteiger partial charge on any atom is 0.120 e. The third-order valence-corrected chi connectivity index (χ3v) is 3.84. The zero-order valence-electron chi connectivity index (χ0n) is 9.63. The smallest absolute Gasteiger partial charge is 0.120 e. The molecule has 1 fully saturated rings. The van der Waals surface area contributed by atoms with Crippen LogP contribution in [-0.4, -0.2) is 19.2 Å². The minimum absolute atomic E-state index is 0.371. The van der Waals surface area contributed by atoms with Crippen LogP contribution in [0.3, 0.4) is 0 Å². The van der Waals surface area contributed by atoms with Crippen molar-refractivity contribution in [2.75, 3.05) is 13.1 Å². The number of nitrogens with one attached hydrogen (secondary N) is 1. The predicted molar refractivity (Wildman–Crippen MR) is 70.0 cm³/mol. The van der Waals surface area contributed by atoms with Crippen LogP contribution in [-0.2, 0) is 0 Å². The van der Waals surface area contributed by atoms with Crippen LogP contribution in [0.4, 0.5) is 0 Å². The highest BCUT2D eigenvalue weighted by Gasteiger charge is 2.13. The van der Waals surface area contributed by atoms with E-state index in [9.17, 15) is 0 Å². The van der Waals surface area contributed by atoms with Crippen molar-refractivity contribution in [3.63, 3.8) is 0 Å². The maximum absolute atomic E-state index is 6.01. The fraction of sp³-hybridized carbons (Fsp3) is 0.538. The normalized spacial score (nSPS) is 21.5. The number of ether oxygens (including phenoxy) is 1. The molecule has 2 nitrogen and oxygen atoms in total. The Kier molecular flexibility index (Phi) is 4.24. The summed E-state index contributed by atoms with van der Waals surface area (Å²) in [5.41, 5.74) is 1.23. The van der Waals surface area contributed by atoms with Crippen molar-refractivity contribution < 1.29 is 4.74 Å². The number of rotatable bonds is 2. The largest absolute Gasteiger partial charge is 0.490 e. The van der Waals surface area contributed by atoms with Gasteiger partial charge >= 0.3 is 0 Å². The standard InChI is InChI=1S/C13H18BrNO/c1-10-9-12(4-5-13(10)14)16-11-3-2-7-15-8-6-11/h4-5,9,11,15H,2-3,6-8H2,1H3. The van der Waals surface area contributed by atoms with Gasteiger partial charge in [0.2, 0.25) is 0 Å². The first-order chi connectivity index (χ1) is 7.75. The van der Waals surface area contributed by atoms with Gasteiger partial charge in [0, 0.05) is 4.47 Å². The number of hydrogen-bond acceptors (Lipinski definition) is 2. The average Bonchev–Trinajstić information content (AvgIpc) is 2.52. The fourth-order valence-corrected chi connectivity index (χ4v) is 2.23. The van der Waals surface area contributed by atoms with Gasteiger partial charge in [0.25, 0.3) is 0 Å². The Morgan fingerprint density at radius 3 is 3.00 bits per heavy atom. The van der Waals surface area contributed by atoms with Crippen LogP contribution in [0.2, 0.25) is 0 Å².